The maximum atomic E-state index is 4.46. The van der Waals surface area contributed by atoms with Gasteiger partial charge in [0.25, 0.3) is 0 Å². The van der Waals surface area contributed by atoms with Gasteiger partial charge in [-0.2, -0.15) is 5.10 Å². The van der Waals surface area contributed by atoms with E-state index in [2.05, 4.69) is 45.6 Å². The van der Waals surface area contributed by atoms with E-state index in [1.54, 1.807) is 0 Å². The van der Waals surface area contributed by atoms with Crippen molar-refractivity contribution in [3.63, 3.8) is 0 Å². The minimum Gasteiger partial charge on any atom is -0.383 e. The first-order valence-corrected chi connectivity index (χ1v) is 6.39. The standard InChI is InChI=1S/C14H18N4/c1-17-10-7-12(16-17)11-18-9-4-8-15-13-5-2-3-6-14(13)18/h2-3,5-7,10,15H,4,8-9,11H2,1H3. The van der Waals surface area contributed by atoms with Gasteiger partial charge in [-0.3, -0.25) is 4.68 Å². The second kappa shape index (κ2) is 4.72. The van der Waals surface area contributed by atoms with Crippen molar-refractivity contribution in [1.29, 1.82) is 0 Å². The largest absolute Gasteiger partial charge is 0.383 e. The van der Waals surface area contributed by atoms with Crippen molar-refractivity contribution < 1.29 is 0 Å². The van der Waals surface area contributed by atoms with Gasteiger partial charge < -0.3 is 10.2 Å². The number of aryl methyl sites for hydroxylation is 1. The lowest BCUT2D eigenvalue weighted by atomic mass is 10.2. The molecule has 1 aromatic heterocycles. The predicted octanol–water partition coefficient (Wildman–Crippen LogP) is 2.24. The zero-order chi connectivity index (χ0) is 12.4. The van der Waals surface area contributed by atoms with Gasteiger partial charge in [-0.05, 0) is 24.6 Å². The van der Waals surface area contributed by atoms with Gasteiger partial charge in [0.1, 0.15) is 0 Å². The molecule has 0 saturated carbocycles. The molecule has 94 valence electrons. The molecule has 0 fully saturated rings. The van der Waals surface area contributed by atoms with Crippen LogP contribution in [0, 0.1) is 0 Å². The van der Waals surface area contributed by atoms with Crippen molar-refractivity contribution in [2.45, 2.75) is 13.0 Å². The molecule has 0 spiro atoms. The van der Waals surface area contributed by atoms with E-state index in [0.29, 0.717) is 0 Å². The predicted molar refractivity (Wildman–Crippen MR) is 73.8 cm³/mol. The third-order valence-electron chi connectivity index (χ3n) is 3.29. The maximum Gasteiger partial charge on any atom is 0.0817 e. The summed E-state index contributed by atoms with van der Waals surface area (Å²) in [5.74, 6) is 0. The normalized spacial score (nSPS) is 14.8. The highest BCUT2D eigenvalue weighted by Crippen LogP contribution is 2.28. The zero-order valence-corrected chi connectivity index (χ0v) is 10.6. The second-order valence-corrected chi connectivity index (χ2v) is 4.70. The van der Waals surface area contributed by atoms with Crippen LogP contribution >= 0.6 is 0 Å². The molecule has 4 nitrogen and oxygen atoms in total. The first-order chi connectivity index (χ1) is 8.83. The highest BCUT2D eigenvalue weighted by atomic mass is 15.3. The quantitative estimate of drug-likeness (QED) is 0.876. The summed E-state index contributed by atoms with van der Waals surface area (Å²) in [6, 6.07) is 10.6. The third-order valence-corrected chi connectivity index (χ3v) is 3.29. The van der Waals surface area contributed by atoms with E-state index >= 15 is 0 Å². The van der Waals surface area contributed by atoms with Crippen molar-refractivity contribution in [1.82, 2.24) is 9.78 Å². The van der Waals surface area contributed by atoms with Crippen molar-refractivity contribution in [3.8, 4) is 0 Å². The molecular weight excluding hydrogens is 224 g/mol. The number of hydrogen-bond acceptors (Lipinski definition) is 3. The van der Waals surface area contributed by atoms with Crippen LogP contribution in [0.5, 0.6) is 0 Å². The summed E-state index contributed by atoms with van der Waals surface area (Å²) in [5, 5.41) is 7.94. The monoisotopic (exact) mass is 242 g/mol. The number of fused-ring (bicyclic) bond motifs is 1. The van der Waals surface area contributed by atoms with Crippen LogP contribution in [0.25, 0.3) is 0 Å². The molecule has 1 aliphatic heterocycles. The van der Waals surface area contributed by atoms with E-state index in [9.17, 15) is 0 Å². The van der Waals surface area contributed by atoms with Crippen LogP contribution in [0.3, 0.4) is 0 Å². The number of para-hydroxylation sites is 2. The Balaban J connectivity index is 1.87. The maximum absolute atomic E-state index is 4.46. The van der Waals surface area contributed by atoms with E-state index in [1.807, 2.05) is 17.9 Å². The Kier molecular flexibility index (Phi) is 2.92. The van der Waals surface area contributed by atoms with E-state index in [4.69, 9.17) is 0 Å². The average Bonchev–Trinajstić information content (AvgIpc) is 2.68. The van der Waals surface area contributed by atoms with Gasteiger partial charge in [0.2, 0.25) is 0 Å². The summed E-state index contributed by atoms with van der Waals surface area (Å²) in [7, 11) is 1.96. The molecule has 0 saturated heterocycles. The summed E-state index contributed by atoms with van der Waals surface area (Å²) < 4.78 is 1.86. The number of nitrogens with one attached hydrogen (secondary N) is 1. The Hall–Kier alpha value is -1.97. The number of nitrogens with zero attached hydrogens (tertiary/aromatic N) is 3. The molecule has 1 aromatic carbocycles. The topological polar surface area (TPSA) is 33.1 Å². The highest BCUT2D eigenvalue weighted by molar-refractivity contribution is 5.70. The van der Waals surface area contributed by atoms with Crippen molar-refractivity contribution in [2.75, 3.05) is 23.3 Å². The molecule has 18 heavy (non-hydrogen) atoms. The molecule has 0 aliphatic carbocycles. The number of hydrogen-bond donors (Lipinski definition) is 1. The Morgan fingerprint density at radius 1 is 1.28 bits per heavy atom. The molecule has 0 bridgehead atoms. The summed E-state index contributed by atoms with van der Waals surface area (Å²) in [5.41, 5.74) is 3.63. The summed E-state index contributed by atoms with van der Waals surface area (Å²) in [4.78, 5) is 2.40. The Morgan fingerprint density at radius 3 is 3.00 bits per heavy atom. The lowest BCUT2D eigenvalue weighted by molar-refractivity contribution is 0.708. The molecule has 0 radical (unpaired) electrons. The lowest BCUT2D eigenvalue weighted by Gasteiger charge is -2.23. The summed E-state index contributed by atoms with van der Waals surface area (Å²) in [6.45, 7) is 2.98. The zero-order valence-electron chi connectivity index (χ0n) is 10.6. The van der Waals surface area contributed by atoms with Gasteiger partial charge in [-0.1, -0.05) is 12.1 Å². The van der Waals surface area contributed by atoms with Crippen LogP contribution in [-0.4, -0.2) is 22.9 Å². The smallest absolute Gasteiger partial charge is 0.0817 e. The lowest BCUT2D eigenvalue weighted by Crippen LogP contribution is -2.23. The van der Waals surface area contributed by atoms with Crippen LogP contribution in [0.2, 0.25) is 0 Å². The summed E-state index contributed by atoms with van der Waals surface area (Å²) >= 11 is 0. The van der Waals surface area contributed by atoms with Gasteiger partial charge in [-0.15, -0.1) is 0 Å². The fraction of sp³-hybridized carbons (Fsp3) is 0.357. The number of anilines is 2. The SMILES string of the molecule is Cn1ccc(CN2CCCNc3ccccc32)n1. The van der Waals surface area contributed by atoms with Crippen LogP contribution in [-0.2, 0) is 13.6 Å². The number of rotatable bonds is 2. The van der Waals surface area contributed by atoms with E-state index in [0.717, 1.165) is 31.7 Å². The summed E-state index contributed by atoms with van der Waals surface area (Å²) in [6.07, 6.45) is 3.15. The van der Waals surface area contributed by atoms with E-state index in [-0.39, 0.29) is 0 Å². The fourth-order valence-electron chi connectivity index (χ4n) is 2.42. The molecule has 0 atom stereocenters. The Labute approximate surface area is 107 Å². The molecule has 2 heterocycles. The Morgan fingerprint density at radius 2 is 2.17 bits per heavy atom. The number of benzene rings is 1. The van der Waals surface area contributed by atoms with Gasteiger partial charge in [0.05, 0.1) is 23.6 Å². The van der Waals surface area contributed by atoms with Crippen LogP contribution in [0.4, 0.5) is 11.4 Å². The second-order valence-electron chi connectivity index (χ2n) is 4.70. The van der Waals surface area contributed by atoms with Gasteiger partial charge in [0.15, 0.2) is 0 Å². The average molecular weight is 242 g/mol. The van der Waals surface area contributed by atoms with Crippen LogP contribution in [0.15, 0.2) is 36.5 Å². The molecule has 0 unspecified atom stereocenters. The minimum atomic E-state index is 0.875. The van der Waals surface area contributed by atoms with Gasteiger partial charge in [-0.25, -0.2) is 0 Å². The Bertz CT molecular complexity index is 532. The van der Waals surface area contributed by atoms with E-state index in [1.165, 1.54) is 11.4 Å². The molecular formula is C14H18N4. The van der Waals surface area contributed by atoms with Crippen molar-refractivity contribution in [3.05, 3.63) is 42.2 Å². The molecule has 2 aromatic rings. The molecule has 3 rings (SSSR count). The molecule has 0 amide bonds. The minimum absolute atomic E-state index is 0.875. The van der Waals surface area contributed by atoms with E-state index < -0.39 is 0 Å². The van der Waals surface area contributed by atoms with Crippen molar-refractivity contribution in [2.24, 2.45) is 7.05 Å². The van der Waals surface area contributed by atoms with Crippen LogP contribution in [0.1, 0.15) is 12.1 Å². The van der Waals surface area contributed by atoms with Crippen LogP contribution < -0.4 is 10.2 Å². The highest BCUT2D eigenvalue weighted by Gasteiger charge is 2.15. The molecule has 4 heteroatoms. The first-order valence-electron chi connectivity index (χ1n) is 6.39. The van der Waals surface area contributed by atoms with Crippen molar-refractivity contribution >= 4 is 11.4 Å². The number of aromatic nitrogens is 2. The van der Waals surface area contributed by atoms with Gasteiger partial charge in [0, 0.05) is 26.3 Å². The van der Waals surface area contributed by atoms with Gasteiger partial charge >= 0.3 is 0 Å². The first kappa shape index (κ1) is 11.1. The molecule has 1 N–H and O–H groups in total. The molecule has 1 aliphatic rings. The third kappa shape index (κ3) is 2.18. The fourth-order valence-corrected chi connectivity index (χ4v) is 2.42.